The van der Waals surface area contributed by atoms with Gasteiger partial charge in [0, 0.05) is 0 Å². The molecule has 0 aliphatic carbocycles. The minimum absolute atomic E-state index is 0.0591. The standard InChI is InChI=1S/C13H19NTe/c1-2-3-10-15-12-8-4-6-11-7-5-9-14-13(11)12/h4,6,8,14H,2-3,5,7,9-10H2,1H3. The first-order chi connectivity index (χ1) is 7.42. The molecule has 2 heteroatoms. The van der Waals surface area contributed by atoms with Crippen LogP contribution in [0.3, 0.4) is 0 Å². The molecule has 1 N–H and O–H groups in total. The summed E-state index contributed by atoms with van der Waals surface area (Å²) in [7, 11) is 0. The Morgan fingerprint density at radius 3 is 3.20 bits per heavy atom. The molecule has 0 spiro atoms. The Morgan fingerprint density at radius 2 is 2.33 bits per heavy atom. The molecule has 0 unspecified atom stereocenters. The normalized spacial score (nSPS) is 14.5. The Labute approximate surface area is 103 Å². The van der Waals surface area contributed by atoms with Crippen LogP contribution < -0.4 is 8.93 Å². The number of para-hydroxylation sites is 1. The van der Waals surface area contributed by atoms with Gasteiger partial charge < -0.3 is 0 Å². The fourth-order valence-electron chi connectivity index (χ4n) is 1.92. The van der Waals surface area contributed by atoms with E-state index in [0.717, 1.165) is 0 Å². The van der Waals surface area contributed by atoms with Crippen LogP contribution in [0.4, 0.5) is 5.69 Å². The van der Waals surface area contributed by atoms with Gasteiger partial charge >= 0.3 is 103 Å². The van der Waals surface area contributed by atoms with E-state index in [1.807, 2.05) is 0 Å². The van der Waals surface area contributed by atoms with Crippen LogP contribution in [0.1, 0.15) is 31.7 Å². The summed E-state index contributed by atoms with van der Waals surface area (Å²) in [5, 5.41) is 3.59. The molecular weight excluding hydrogens is 298 g/mol. The van der Waals surface area contributed by atoms with Gasteiger partial charge in [-0.1, -0.05) is 0 Å². The molecular formula is C13H19NTe. The van der Waals surface area contributed by atoms with Crippen molar-refractivity contribution >= 4 is 30.2 Å². The zero-order valence-corrected chi connectivity index (χ0v) is 11.7. The number of unbranched alkanes of at least 4 members (excludes halogenated alkanes) is 1. The molecule has 1 heterocycles. The zero-order valence-electron chi connectivity index (χ0n) is 9.38. The van der Waals surface area contributed by atoms with Crippen molar-refractivity contribution in [3.8, 4) is 0 Å². The Bertz CT molecular complexity index is 322. The fraction of sp³-hybridized carbons (Fsp3) is 0.538. The quantitative estimate of drug-likeness (QED) is 0.665. The average molecular weight is 317 g/mol. The van der Waals surface area contributed by atoms with E-state index in [-0.39, 0.29) is 20.9 Å². The summed E-state index contributed by atoms with van der Waals surface area (Å²) < 4.78 is 3.12. The number of benzene rings is 1. The molecule has 0 radical (unpaired) electrons. The van der Waals surface area contributed by atoms with Crippen molar-refractivity contribution in [2.45, 2.75) is 37.1 Å². The third-order valence-corrected chi connectivity index (χ3v) is 6.06. The third kappa shape index (κ3) is 2.89. The van der Waals surface area contributed by atoms with Gasteiger partial charge in [-0.3, -0.25) is 0 Å². The van der Waals surface area contributed by atoms with Gasteiger partial charge in [0.05, 0.1) is 0 Å². The maximum atomic E-state index is 3.59. The van der Waals surface area contributed by atoms with E-state index in [1.165, 1.54) is 42.4 Å². The van der Waals surface area contributed by atoms with Gasteiger partial charge in [0.2, 0.25) is 0 Å². The number of fused-ring (bicyclic) bond motifs is 1. The van der Waals surface area contributed by atoms with Crippen molar-refractivity contribution < 1.29 is 0 Å². The Hall–Kier alpha value is -0.190. The van der Waals surface area contributed by atoms with Crippen LogP contribution in [0.25, 0.3) is 0 Å². The molecule has 0 atom stereocenters. The molecule has 15 heavy (non-hydrogen) atoms. The van der Waals surface area contributed by atoms with Gasteiger partial charge in [0.15, 0.2) is 0 Å². The van der Waals surface area contributed by atoms with E-state index >= 15 is 0 Å². The van der Waals surface area contributed by atoms with Crippen LogP contribution in [0, 0.1) is 0 Å². The number of nitrogens with one attached hydrogen (secondary N) is 1. The summed E-state index contributed by atoms with van der Waals surface area (Å²) in [6.45, 7) is 3.45. The third-order valence-electron chi connectivity index (χ3n) is 2.79. The molecule has 0 amide bonds. The first kappa shape index (κ1) is 11.3. The number of anilines is 1. The van der Waals surface area contributed by atoms with Gasteiger partial charge in [-0.2, -0.15) is 0 Å². The summed E-state index contributed by atoms with van der Waals surface area (Å²) in [6, 6.07) is 6.88. The molecule has 1 aliphatic rings. The zero-order chi connectivity index (χ0) is 10.5. The van der Waals surface area contributed by atoms with Crippen LogP contribution in [-0.4, -0.2) is 27.5 Å². The molecule has 1 aromatic carbocycles. The van der Waals surface area contributed by atoms with Crippen molar-refractivity contribution in [2.24, 2.45) is 0 Å². The van der Waals surface area contributed by atoms with Crippen LogP contribution in [-0.2, 0) is 6.42 Å². The summed E-state index contributed by atoms with van der Waals surface area (Å²) in [4.78, 5) is 0. The Balaban J connectivity index is 2.09. The van der Waals surface area contributed by atoms with E-state index in [0.29, 0.717) is 0 Å². The van der Waals surface area contributed by atoms with E-state index in [2.05, 4.69) is 30.4 Å². The van der Waals surface area contributed by atoms with Crippen molar-refractivity contribution in [3.63, 3.8) is 0 Å². The topological polar surface area (TPSA) is 12.0 Å². The second-order valence-electron chi connectivity index (χ2n) is 4.02. The number of aryl methyl sites for hydroxylation is 1. The molecule has 0 fully saturated rings. The van der Waals surface area contributed by atoms with E-state index in [1.54, 1.807) is 9.17 Å². The maximum absolute atomic E-state index is 3.59. The number of rotatable bonds is 4. The van der Waals surface area contributed by atoms with E-state index in [4.69, 9.17) is 0 Å². The van der Waals surface area contributed by atoms with Crippen LogP contribution in [0.5, 0.6) is 0 Å². The second kappa shape index (κ2) is 5.77. The first-order valence-corrected chi connectivity index (χ1v) is 8.71. The Kier molecular flexibility index (Phi) is 4.35. The summed E-state index contributed by atoms with van der Waals surface area (Å²) in [5.41, 5.74) is 3.06. The van der Waals surface area contributed by atoms with Gasteiger partial charge in [-0.05, 0) is 0 Å². The molecule has 2 rings (SSSR count). The predicted octanol–water partition coefficient (Wildman–Crippen LogP) is 2.59. The van der Waals surface area contributed by atoms with E-state index in [9.17, 15) is 0 Å². The monoisotopic (exact) mass is 319 g/mol. The fourth-order valence-corrected chi connectivity index (χ4v) is 5.28. The summed E-state index contributed by atoms with van der Waals surface area (Å²) in [5.74, 6) is 0. The molecule has 0 aromatic heterocycles. The number of hydrogen-bond donors (Lipinski definition) is 1. The van der Waals surface area contributed by atoms with Crippen molar-refractivity contribution in [3.05, 3.63) is 23.8 Å². The summed E-state index contributed by atoms with van der Waals surface area (Å²) in [6.07, 6.45) is 5.32. The molecule has 82 valence electrons. The molecule has 1 nitrogen and oxygen atoms in total. The van der Waals surface area contributed by atoms with Crippen molar-refractivity contribution in [2.75, 3.05) is 11.9 Å². The number of hydrogen-bond acceptors (Lipinski definition) is 1. The van der Waals surface area contributed by atoms with Crippen LogP contribution >= 0.6 is 0 Å². The predicted molar refractivity (Wildman–Crippen MR) is 68.4 cm³/mol. The average Bonchev–Trinajstić information content (AvgIpc) is 2.30. The van der Waals surface area contributed by atoms with Gasteiger partial charge in [-0.15, -0.1) is 0 Å². The van der Waals surface area contributed by atoms with Gasteiger partial charge in [-0.25, -0.2) is 0 Å². The summed E-state index contributed by atoms with van der Waals surface area (Å²) >= 11 is 0.0591. The van der Waals surface area contributed by atoms with Crippen LogP contribution in [0.15, 0.2) is 18.2 Å². The Morgan fingerprint density at radius 1 is 1.40 bits per heavy atom. The second-order valence-corrected chi connectivity index (χ2v) is 7.27. The SMILES string of the molecule is CCCC[Te]c1cccc2c1NCCC2. The molecule has 1 aliphatic heterocycles. The molecule has 0 saturated carbocycles. The molecule has 1 aromatic rings. The first-order valence-electron chi connectivity index (χ1n) is 5.90. The van der Waals surface area contributed by atoms with Crippen molar-refractivity contribution in [1.82, 2.24) is 0 Å². The van der Waals surface area contributed by atoms with Gasteiger partial charge in [0.1, 0.15) is 0 Å². The van der Waals surface area contributed by atoms with Crippen molar-refractivity contribution in [1.29, 1.82) is 0 Å². The van der Waals surface area contributed by atoms with E-state index < -0.39 is 0 Å². The van der Waals surface area contributed by atoms with Gasteiger partial charge in [0.25, 0.3) is 0 Å². The molecule has 0 saturated heterocycles. The minimum atomic E-state index is 0.0591. The molecule has 0 bridgehead atoms. The van der Waals surface area contributed by atoms with Crippen LogP contribution in [0.2, 0.25) is 4.47 Å².